The van der Waals surface area contributed by atoms with Crippen LogP contribution in [0.15, 0.2) is 29.8 Å². The number of aromatic nitrogens is 1. The van der Waals surface area contributed by atoms with Crippen molar-refractivity contribution in [1.82, 2.24) is 25.8 Å². The molecular weight excluding hydrogens is 590 g/mol. The molecule has 3 atom stereocenters. The van der Waals surface area contributed by atoms with Crippen LogP contribution in [-0.4, -0.2) is 102 Å². The Morgan fingerprint density at radius 1 is 1.09 bits per heavy atom. The van der Waals surface area contributed by atoms with Crippen molar-refractivity contribution in [2.45, 2.75) is 65.3 Å². The molecule has 0 saturated carbocycles. The van der Waals surface area contributed by atoms with E-state index in [1.165, 1.54) is 4.90 Å². The molecule has 1 aliphatic heterocycles. The highest BCUT2D eigenvalue weighted by Gasteiger charge is 2.44. The smallest absolute Gasteiger partial charge is 0.404 e. The number of carbonyl (C=O) groups excluding carboxylic acids is 3. The van der Waals surface area contributed by atoms with Gasteiger partial charge in [0.1, 0.15) is 18.7 Å². The second kappa shape index (κ2) is 16.5. The highest BCUT2D eigenvalue weighted by molar-refractivity contribution is 7.13. The summed E-state index contributed by atoms with van der Waals surface area (Å²) in [5, 5.41) is 26.7. The van der Waals surface area contributed by atoms with E-state index in [1.54, 1.807) is 16.8 Å². The van der Waals surface area contributed by atoms with Gasteiger partial charge in [0.15, 0.2) is 0 Å². The van der Waals surface area contributed by atoms with Crippen LogP contribution < -0.4 is 16.0 Å². The summed E-state index contributed by atoms with van der Waals surface area (Å²) >= 11 is 1.57. The van der Waals surface area contributed by atoms with Crippen LogP contribution in [0.3, 0.4) is 0 Å². The van der Waals surface area contributed by atoms with E-state index >= 15 is 0 Å². The van der Waals surface area contributed by atoms with Crippen molar-refractivity contribution in [3.05, 3.63) is 41.0 Å². The van der Waals surface area contributed by atoms with Crippen LogP contribution in [0.2, 0.25) is 0 Å². The van der Waals surface area contributed by atoms with Gasteiger partial charge >= 0.3 is 6.09 Å². The molecule has 1 saturated heterocycles. The maximum absolute atomic E-state index is 13.7. The first kappa shape index (κ1) is 34.9. The Morgan fingerprint density at radius 3 is 2.43 bits per heavy atom. The van der Waals surface area contributed by atoms with Crippen molar-refractivity contribution >= 4 is 35.2 Å². The Hall–Kier alpha value is -3.59. The minimum Gasteiger partial charge on any atom is -0.465 e. The van der Waals surface area contributed by atoms with Gasteiger partial charge in [-0.15, -0.1) is 11.3 Å². The van der Waals surface area contributed by atoms with Crippen LogP contribution in [0.5, 0.6) is 0 Å². The van der Waals surface area contributed by atoms with Crippen LogP contribution in [-0.2, 0) is 30.4 Å². The van der Waals surface area contributed by atoms with Gasteiger partial charge in [-0.25, -0.2) is 9.78 Å². The summed E-state index contributed by atoms with van der Waals surface area (Å²) in [7, 11) is 0. The Bertz CT molecular complexity index is 1260. The third kappa shape index (κ3) is 10.5. The topological polar surface area (TPSA) is 179 Å². The van der Waals surface area contributed by atoms with Crippen LogP contribution in [0.25, 0.3) is 10.4 Å². The second-order valence-electron chi connectivity index (χ2n) is 11.7. The molecule has 0 bridgehead atoms. The second-order valence-corrected chi connectivity index (χ2v) is 12.5. The Morgan fingerprint density at radius 2 is 1.80 bits per heavy atom. The lowest BCUT2D eigenvalue weighted by atomic mass is 9.85. The van der Waals surface area contributed by atoms with Gasteiger partial charge in [0.05, 0.1) is 28.8 Å². The number of aryl methyl sites for hydroxylation is 1. The zero-order chi connectivity index (χ0) is 32.3. The number of likely N-dealkylation sites (tertiary alicyclic amines) is 1. The lowest BCUT2D eigenvalue weighted by Gasteiger charge is -2.35. The van der Waals surface area contributed by atoms with Crippen LogP contribution in [0.1, 0.15) is 44.9 Å². The fourth-order valence-electron chi connectivity index (χ4n) is 4.74. The summed E-state index contributed by atoms with van der Waals surface area (Å²) in [6, 6.07) is 6.00. The predicted octanol–water partition coefficient (Wildman–Crippen LogP) is 1.92. The SMILES string of the molecule is Cc1ncsc1-c1ccc(CNC(=O)[C@@H]2C[C@@H](O)CN2C(=O)[C@@H](NC(=O)COCCCOCCNC(=O)O)C(C)(C)C)cc1. The number of aliphatic hydroxyl groups excluding tert-OH is 1. The monoisotopic (exact) mass is 633 g/mol. The van der Waals surface area contributed by atoms with E-state index in [2.05, 4.69) is 20.9 Å². The first-order chi connectivity index (χ1) is 20.9. The van der Waals surface area contributed by atoms with Gasteiger partial charge in [0.2, 0.25) is 17.7 Å². The zero-order valence-electron chi connectivity index (χ0n) is 25.6. The molecule has 44 heavy (non-hydrogen) atoms. The molecule has 14 heteroatoms. The van der Waals surface area contributed by atoms with Gasteiger partial charge in [-0.1, -0.05) is 45.0 Å². The van der Waals surface area contributed by atoms with Crippen molar-refractivity contribution in [2.75, 3.05) is 39.5 Å². The first-order valence-corrected chi connectivity index (χ1v) is 15.4. The number of ether oxygens (including phenoxy) is 2. The molecule has 1 fully saturated rings. The summed E-state index contributed by atoms with van der Waals surface area (Å²) in [6.07, 6.45) is -1.38. The number of carbonyl (C=O) groups is 4. The summed E-state index contributed by atoms with van der Waals surface area (Å²) in [4.78, 5) is 56.7. The lowest BCUT2D eigenvalue weighted by Crippen LogP contribution is -2.58. The molecule has 1 aromatic carbocycles. The Labute approximate surface area is 261 Å². The first-order valence-electron chi connectivity index (χ1n) is 14.5. The van der Waals surface area contributed by atoms with Gasteiger partial charge in [0.25, 0.3) is 0 Å². The van der Waals surface area contributed by atoms with Crippen LogP contribution >= 0.6 is 11.3 Å². The summed E-state index contributed by atoms with van der Waals surface area (Å²) < 4.78 is 10.7. The standard InChI is InChI=1S/C30H43N5O8S/c1-19-25(44-18-33-19)21-8-6-20(7-9-21)15-32-27(38)23-14-22(36)16-35(23)28(39)26(30(2,3)4)34-24(37)17-43-12-5-11-42-13-10-31-29(40)41/h6-9,18,22-23,26,31,36H,5,10-17H2,1-4H3,(H,32,38)(H,34,37)(H,40,41)/t22-,23+,26-/m1/s1. The zero-order valence-corrected chi connectivity index (χ0v) is 26.4. The van der Waals surface area contributed by atoms with Crippen LogP contribution in [0.4, 0.5) is 4.79 Å². The highest BCUT2D eigenvalue weighted by atomic mass is 32.1. The summed E-state index contributed by atoms with van der Waals surface area (Å²) in [5.74, 6) is -1.31. The third-order valence-corrected chi connectivity index (χ3v) is 8.02. The molecule has 0 unspecified atom stereocenters. The number of nitrogens with one attached hydrogen (secondary N) is 3. The number of amides is 4. The van der Waals surface area contributed by atoms with Gasteiger partial charge in [-0.3, -0.25) is 14.4 Å². The summed E-state index contributed by atoms with van der Waals surface area (Å²) in [5.41, 5.74) is 4.02. The normalized spacial score (nSPS) is 17.2. The maximum Gasteiger partial charge on any atom is 0.404 e. The molecule has 1 aromatic heterocycles. The van der Waals surface area contributed by atoms with E-state index in [1.807, 2.05) is 52.0 Å². The molecule has 1 aliphatic rings. The molecule has 4 amide bonds. The predicted molar refractivity (Wildman–Crippen MR) is 164 cm³/mol. The van der Waals surface area contributed by atoms with Gasteiger partial charge in [0, 0.05) is 39.3 Å². The molecular formula is C30H43N5O8S. The molecule has 2 aromatic rings. The molecule has 2 heterocycles. The number of benzene rings is 1. The number of rotatable bonds is 15. The van der Waals surface area contributed by atoms with Crippen molar-refractivity contribution in [3.63, 3.8) is 0 Å². The lowest BCUT2D eigenvalue weighted by molar-refractivity contribution is -0.144. The molecule has 0 spiro atoms. The number of aliphatic hydroxyl groups is 1. The summed E-state index contributed by atoms with van der Waals surface area (Å²) in [6.45, 7) is 8.36. The number of hydrogen-bond acceptors (Lipinski definition) is 9. The maximum atomic E-state index is 13.7. The molecule has 13 nitrogen and oxygen atoms in total. The quantitative estimate of drug-likeness (QED) is 0.183. The van der Waals surface area contributed by atoms with Crippen LogP contribution in [0, 0.1) is 12.3 Å². The van der Waals surface area contributed by atoms with E-state index in [4.69, 9.17) is 14.6 Å². The van der Waals surface area contributed by atoms with Gasteiger partial charge in [-0.05, 0) is 29.9 Å². The Balaban J connectivity index is 1.50. The highest BCUT2D eigenvalue weighted by Crippen LogP contribution is 2.28. The van der Waals surface area contributed by atoms with Crippen molar-refractivity contribution < 1.29 is 38.9 Å². The average molecular weight is 634 g/mol. The minimum atomic E-state index is -1.12. The van der Waals surface area contributed by atoms with E-state index in [9.17, 15) is 24.3 Å². The van der Waals surface area contributed by atoms with E-state index in [0.29, 0.717) is 13.0 Å². The molecule has 3 rings (SSSR count). The minimum absolute atomic E-state index is 0.0131. The number of thiazole rings is 1. The number of carboxylic acid groups (broad SMARTS) is 1. The fraction of sp³-hybridized carbons (Fsp3) is 0.567. The van der Waals surface area contributed by atoms with Crippen molar-refractivity contribution in [3.8, 4) is 10.4 Å². The number of β-amino-alcohol motifs (C(OH)–C–C–N with tert-alkyl or cyclic N) is 1. The molecule has 0 radical (unpaired) electrons. The fourth-order valence-corrected chi connectivity index (χ4v) is 5.55. The van der Waals surface area contributed by atoms with Gasteiger partial charge < -0.3 is 40.5 Å². The molecule has 5 N–H and O–H groups in total. The molecule has 242 valence electrons. The number of hydrogen-bond donors (Lipinski definition) is 5. The van der Waals surface area contributed by atoms with Gasteiger partial charge in [-0.2, -0.15) is 0 Å². The Kier molecular flexibility index (Phi) is 13.1. The third-order valence-electron chi connectivity index (χ3n) is 7.04. The number of nitrogens with zero attached hydrogens (tertiary/aromatic N) is 2. The largest absolute Gasteiger partial charge is 0.465 e. The molecule has 0 aliphatic carbocycles. The van der Waals surface area contributed by atoms with E-state index < -0.39 is 41.5 Å². The van der Waals surface area contributed by atoms with Crippen molar-refractivity contribution in [1.29, 1.82) is 0 Å². The van der Waals surface area contributed by atoms with E-state index in [-0.39, 0.29) is 51.8 Å². The van der Waals surface area contributed by atoms with Crippen molar-refractivity contribution in [2.24, 2.45) is 5.41 Å². The average Bonchev–Trinajstić information content (AvgIpc) is 3.58. The van der Waals surface area contributed by atoms with E-state index in [0.717, 1.165) is 21.7 Å².